The van der Waals surface area contributed by atoms with Gasteiger partial charge in [0.05, 0.1) is 25.3 Å². The molecule has 0 saturated carbocycles. The van der Waals surface area contributed by atoms with Crippen LogP contribution in [0.1, 0.15) is 13.3 Å². The molecule has 6 nitrogen and oxygen atoms in total. The van der Waals surface area contributed by atoms with Gasteiger partial charge in [-0.25, -0.2) is 4.79 Å². The van der Waals surface area contributed by atoms with Crippen molar-refractivity contribution in [2.45, 2.75) is 13.3 Å². The van der Waals surface area contributed by atoms with E-state index in [1.54, 1.807) is 14.0 Å². The van der Waals surface area contributed by atoms with E-state index in [1.165, 1.54) is 6.20 Å². The Balaban J connectivity index is 2.16. The lowest BCUT2D eigenvalue weighted by molar-refractivity contribution is -0.138. The topological polar surface area (TPSA) is 72.0 Å². The molecular formula is C15H17N3O3. The molecule has 0 aliphatic carbocycles. The third-order valence-corrected chi connectivity index (χ3v) is 3.43. The number of benzene rings is 1. The van der Waals surface area contributed by atoms with Gasteiger partial charge in [-0.05, 0) is 6.92 Å². The molecule has 0 unspecified atom stereocenters. The summed E-state index contributed by atoms with van der Waals surface area (Å²) in [5.41, 5.74) is 2.29. The number of hydrogen-bond donors (Lipinski definition) is 2. The summed E-state index contributed by atoms with van der Waals surface area (Å²) in [5.74, 6) is 0.336. The molecular weight excluding hydrogens is 270 g/mol. The highest BCUT2D eigenvalue weighted by molar-refractivity contribution is 5.89. The average Bonchev–Trinajstić information content (AvgIpc) is 2.69. The van der Waals surface area contributed by atoms with E-state index in [-0.39, 0.29) is 0 Å². The summed E-state index contributed by atoms with van der Waals surface area (Å²) in [5, 5.41) is 8.26. The number of carbonyl (C=O) groups excluding carboxylic acids is 1. The van der Waals surface area contributed by atoms with Gasteiger partial charge in [-0.2, -0.15) is 0 Å². The van der Waals surface area contributed by atoms with Crippen LogP contribution in [0, 0.1) is 0 Å². The van der Waals surface area contributed by atoms with Gasteiger partial charge in [0.15, 0.2) is 0 Å². The third-order valence-electron chi connectivity index (χ3n) is 3.43. The first-order valence-electron chi connectivity index (χ1n) is 6.90. The number of methoxy groups -OCH3 is 1. The molecule has 3 rings (SSSR count). The Bertz CT molecular complexity index is 737. The third kappa shape index (κ3) is 2.44. The van der Waals surface area contributed by atoms with E-state index in [9.17, 15) is 4.79 Å². The minimum absolute atomic E-state index is 0.334. The van der Waals surface area contributed by atoms with E-state index in [0.717, 1.165) is 40.7 Å². The monoisotopic (exact) mass is 287 g/mol. The van der Waals surface area contributed by atoms with Crippen molar-refractivity contribution in [3.05, 3.63) is 34.6 Å². The Kier molecular flexibility index (Phi) is 3.51. The second-order valence-electron chi connectivity index (χ2n) is 4.74. The molecule has 0 bridgehead atoms. The van der Waals surface area contributed by atoms with Crippen molar-refractivity contribution in [1.82, 2.24) is 5.32 Å². The molecule has 0 spiro atoms. The lowest BCUT2D eigenvalue weighted by Gasteiger charge is -2.19. The van der Waals surface area contributed by atoms with Gasteiger partial charge in [-0.1, -0.05) is 0 Å². The molecule has 2 aliphatic heterocycles. The van der Waals surface area contributed by atoms with Crippen molar-refractivity contribution >= 4 is 17.4 Å². The van der Waals surface area contributed by atoms with Crippen molar-refractivity contribution in [3.63, 3.8) is 0 Å². The summed E-state index contributed by atoms with van der Waals surface area (Å²) in [6.45, 7) is 2.90. The van der Waals surface area contributed by atoms with Crippen molar-refractivity contribution in [2.24, 2.45) is 4.99 Å². The van der Waals surface area contributed by atoms with Crippen LogP contribution in [0.15, 0.2) is 29.0 Å². The van der Waals surface area contributed by atoms with Gasteiger partial charge < -0.3 is 20.1 Å². The zero-order valence-electron chi connectivity index (χ0n) is 12.0. The second kappa shape index (κ2) is 5.47. The maximum atomic E-state index is 11.9. The van der Waals surface area contributed by atoms with E-state index in [4.69, 9.17) is 9.47 Å². The van der Waals surface area contributed by atoms with Gasteiger partial charge >= 0.3 is 5.97 Å². The van der Waals surface area contributed by atoms with Crippen molar-refractivity contribution in [1.29, 1.82) is 0 Å². The first-order valence-corrected chi connectivity index (χ1v) is 6.90. The predicted molar refractivity (Wildman–Crippen MR) is 78.1 cm³/mol. The Hall–Kier alpha value is -2.50. The van der Waals surface area contributed by atoms with Crippen molar-refractivity contribution in [3.8, 4) is 5.75 Å². The number of nitrogens with zero attached hydrogens (tertiary/aromatic N) is 1. The van der Waals surface area contributed by atoms with Crippen LogP contribution in [0.2, 0.25) is 0 Å². The van der Waals surface area contributed by atoms with Crippen molar-refractivity contribution < 1.29 is 14.3 Å². The molecule has 0 amide bonds. The highest BCUT2D eigenvalue weighted by atomic mass is 16.5. The molecule has 0 atom stereocenters. The number of ether oxygens (including phenoxy) is 2. The van der Waals surface area contributed by atoms with E-state index in [2.05, 4.69) is 15.6 Å². The van der Waals surface area contributed by atoms with Crippen molar-refractivity contribution in [2.75, 3.05) is 25.6 Å². The molecule has 0 aromatic heterocycles. The van der Waals surface area contributed by atoms with E-state index >= 15 is 0 Å². The zero-order chi connectivity index (χ0) is 14.8. The molecule has 2 N–H and O–H groups in total. The highest BCUT2D eigenvalue weighted by Crippen LogP contribution is 2.17. The number of hydrogen-bond acceptors (Lipinski definition) is 6. The normalized spacial score (nSPS) is 15.5. The molecule has 0 radical (unpaired) electrons. The Morgan fingerprint density at radius 3 is 3.05 bits per heavy atom. The molecule has 2 heterocycles. The Morgan fingerprint density at radius 1 is 1.43 bits per heavy atom. The Morgan fingerprint density at radius 2 is 2.29 bits per heavy atom. The maximum Gasteiger partial charge on any atom is 0.356 e. The maximum absolute atomic E-state index is 11.9. The van der Waals surface area contributed by atoms with Gasteiger partial charge in [0.25, 0.3) is 0 Å². The summed E-state index contributed by atoms with van der Waals surface area (Å²) in [4.78, 5) is 16.3. The van der Waals surface area contributed by atoms with Crippen LogP contribution >= 0.6 is 0 Å². The van der Waals surface area contributed by atoms with Crippen LogP contribution in [0.5, 0.6) is 5.75 Å². The molecule has 1 aromatic rings. The molecule has 0 fully saturated rings. The van der Waals surface area contributed by atoms with Gasteiger partial charge in [-0.15, -0.1) is 0 Å². The zero-order valence-corrected chi connectivity index (χ0v) is 12.0. The van der Waals surface area contributed by atoms with Gasteiger partial charge in [-0.3, -0.25) is 4.99 Å². The van der Waals surface area contributed by atoms with Gasteiger partial charge in [0.2, 0.25) is 0 Å². The predicted octanol–water partition coefficient (Wildman–Crippen LogP) is 0.246. The Labute approximate surface area is 122 Å². The fraction of sp³-hybridized carbons (Fsp3) is 0.333. The standard InChI is InChI=1S/C15H17N3O3/c1-3-21-15(19)13-8-17-12-7-9(20-2)6-11-14(12)10(18-13)4-5-16-11/h6-8,16,18H,3-5H2,1-2H3. The summed E-state index contributed by atoms with van der Waals surface area (Å²) in [6.07, 6.45) is 2.30. The number of rotatable bonds is 3. The molecule has 110 valence electrons. The van der Waals surface area contributed by atoms with Crippen LogP contribution < -0.4 is 25.9 Å². The molecule has 6 heteroatoms. The fourth-order valence-electron chi connectivity index (χ4n) is 2.49. The van der Waals surface area contributed by atoms with E-state index in [0.29, 0.717) is 12.3 Å². The number of nitrogens with one attached hydrogen (secondary N) is 2. The summed E-state index contributed by atoms with van der Waals surface area (Å²) >= 11 is 0. The van der Waals surface area contributed by atoms with Gasteiger partial charge in [0, 0.05) is 41.7 Å². The van der Waals surface area contributed by atoms with Crippen LogP contribution in [-0.2, 0) is 9.53 Å². The lowest BCUT2D eigenvalue weighted by Crippen LogP contribution is -2.38. The minimum Gasteiger partial charge on any atom is -0.497 e. The molecule has 1 aromatic carbocycles. The largest absolute Gasteiger partial charge is 0.497 e. The van der Waals surface area contributed by atoms with E-state index < -0.39 is 5.97 Å². The minimum atomic E-state index is -0.395. The first-order chi connectivity index (χ1) is 10.2. The highest BCUT2D eigenvalue weighted by Gasteiger charge is 2.19. The quantitative estimate of drug-likeness (QED) is 0.780. The average molecular weight is 287 g/mol. The SMILES string of the molecule is CCOC(=O)C1=CN=c2cc(OC)cc3c2=C(CCN3)N1. The smallest absolute Gasteiger partial charge is 0.356 e. The second-order valence-corrected chi connectivity index (χ2v) is 4.74. The summed E-state index contributed by atoms with van der Waals surface area (Å²) < 4.78 is 10.3. The van der Waals surface area contributed by atoms with Gasteiger partial charge in [0.1, 0.15) is 11.4 Å². The first kappa shape index (κ1) is 13.5. The van der Waals surface area contributed by atoms with E-state index in [1.807, 2.05) is 12.1 Å². The number of carbonyl (C=O) groups is 1. The molecule has 21 heavy (non-hydrogen) atoms. The van der Waals surface area contributed by atoms with Crippen LogP contribution in [0.4, 0.5) is 5.69 Å². The molecule has 2 aliphatic rings. The van der Waals surface area contributed by atoms with Crippen LogP contribution in [0.25, 0.3) is 5.70 Å². The van der Waals surface area contributed by atoms with Crippen LogP contribution in [-0.4, -0.2) is 26.2 Å². The van der Waals surface area contributed by atoms with Crippen LogP contribution in [0.3, 0.4) is 0 Å². The fourth-order valence-corrected chi connectivity index (χ4v) is 2.49. The summed E-state index contributed by atoms with van der Waals surface area (Å²) in [6, 6.07) is 3.79. The lowest BCUT2D eigenvalue weighted by atomic mass is 10.1. The molecule has 0 saturated heterocycles. The number of esters is 1. The number of anilines is 1. The summed E-state index contributed by atoms with van der Waals surface area (Å²) in [7, 11) is 1.62.